The largest absolute Gasteiger partial charge is 0.345 e. The minimum absolute atomic E-state index is 0.000966. The highest BCUT2D eigenvalue weighted by Crippen LogP contribution is 2.32. The zero-order chi connectivity index (χ0) is 29.8. The van der Waals surface area contributed by atoms with E-state index in [4.69, 9.17) is 5.73 Å². The summed E-state index contributed by atoms with van der Waals surface area (Å²) in [6.45, 7) is 3.11. The Labute approximate surface area is 251 Å². The van der Waals surface area contributed by atoms with Crippen LogP contribution in [-0.2, 0) is 16.0 Å². The van der Waals surface area contributed by atoms with Gasteiger partial charge in [0.25, 0.3) is 0 Å². The molecular weight excluding hydrogens is 538 g/mol. The van der Waals surface area contributed by atoms with Crippen molar-refractivity contribution in [2.45, 2.75) is 45.4 Å². The molecule has 6 rings (SSSR count). The third-order valence-corrected chi connectivity index (χ3v) is 8.83. The molecule has 0 spiro atoms. The third-order valence-electron chi connectivity index (χ3n) is 8.83. The number of amides is 1. The number of imidazole rings is 1. The van der Waals surface area contributed by atoms with Gasteiger partial charge in [0, 0.05) is 29.5 Å². The fraction of sp³-hybridized carbons (Fsp3) is 0.353. The fourth-order valence-corrected chi connectivity index (χ4v) is 6.22. The number of carbonyl (C=O) groups excluding carboxylic acids is 2. The van der Waals surface area contributed by atoms with Gasteiger partial charge in [-0.05, 0) is 110 Å². The number of nitrogens with zero attached hydrogens (tertiary/aromatic N) is 4. The van der Waals surface area contributed by atoms with E-state index in [2.05, 4.69) is 73.8 Å². The molecule has 0 saturated heterocycles. The van der Waals surface area contributed by atoms with Crippen molar-refractivity contribution in [1.29, 1.82) is 0 Å². The van der Waals surface area contributed by atoms with E-state index in [0.29, 0.717) is 37.1 Å². The lowest BCUT2D eigenvalue weighted by Gasteiger charge is -2.27. The van der Waals surface area contributed by atoms with Gasteiger partial charge in [-0.15, -0.1) is 5.11 Å². The van der Waals surface area contributed by atoms with E-state index in [1.165, 1.54) is 0 Å². The number of fused-ring (bicyclic) bond motifs is 1. The summed E-state index contributed by atoms with van der Waals surface area (Å²) in [6, 6.07) is 19.9. The van der Waals surface area contributed by atoms with E-state index in [1.807, 2.05) is 24.3 Å². The average molecular weight is 576 g/mol. The third kappa shape index (κ3) is 6.62. The molecule has 2 heterocycles. The second kappa shape index (κ2) is 12.8. The van der Waals surface area contributed by atoms with Gasteiger partial charge in [0.15, 0.2) is 12.5 Å². The predicted octanol–water partition coefficient (Wildman–Crippen LogP) is 6.23. The maximum Gasteiger partial charge on any atom is 0.228 e. The molecule has 0 unspecified atom stereocenters. The Bertz CT molecular complexity index is 1660. The first-order valence-corrected chi connectivity index (χ1v) is 15.1. The normalized spacial score (nSPS) is 18.9. The van der Waals surface area contributed by atoms with Gasteiger partial charge in [-0.25, -0.2) is 9.98 Å². The van der Waals surface area contributed by atoms with E-state index in [1.54, 1.807) is 6.33 Å². The van der Waals surface area contributed by atoms with Gasteiger partial charge in [0.2, 0.25) is 5.91 Å². The average Bonchev–Trinajstić information content (AvgIpc) is 3.74. The van der Waals surface area contributed by atoms with Crippen LogP contribution in [0.5, 0.6) is 0 Å². The molecule has 2 aliphatic rings. The minimum Gasteiger partial charge on any atom is -0.345 e. The zero-order valence-electron chi connectivity index (χ0n) is 24.4. The van der Waals surface area contributed by atoms with Crippen molar-refractivity contribution < 1.29 is 9.59 Å². The van der Waals surface area contributed by atoms with E-state index in [9.17, 15) is 9.59 Å². The number of hydrogen-bond acceptors (Lipinski definition) is 7. The van der Waals surface area contributed by atoms with Crippen molar-refractivity contribution in [3.8, 4) is 11.1 Å². The van der Waals surface area contributed by atoms with E-state index < -0.39 is 5.92 Å². The molecule has 1 amide bonds. The highest BCUT2D eigenvalue weighted by molar-refractivity contribution is 6.01. The molecule has 1 aliphatic heterocycles. The number of amidine groups is 1. The van der Waals surface area contributed by atoms with Gasteiger partial charge < -0.3 is 16.0 Å². The number of nitrogens with one attached hydrogen (secondary N) is 2. The zero-order valence-corrected chi connectivity index (χ0v) is 24.4. The Balaban J connectivity index is 1.18. The molecule has 0 radical (unpaired) electrons. The highest BCUT2D eigenvalue weighted by Gasteiger charge is 2.30. The Morgan fingerprint density at radius 3 is 2.44 bits per heavy atom. The Morgan fingerprint density at radius 2 is 1.74 bits per heavy atom. The quantitative estimate of drug-likeness (QED) is 0.206. The van der Waals surface area contributed by atoms with Gasteiger partial charge in [-0.3, -0.25) is 9.59 Å². The van der Waals surface area contributed by atoms with E-state index in [0.717, 1.165) is 64.5 Å². The van der Waals surface area contributed by atoms with Crippen molar-refractivity contribution in [2.75, 3.05) is 18.5 Å². The number of aryl methyl sites for hydroxylation is 1. The fourth-order valence-electron chi connectivity index (χ4n) is 6.22. The first-order chi connectivity index (χ1) is 21.0. The number of azo groups is 1. The molecule has 1 aromatic heterocycles. The molecule has 43 heavy (non-hydrogen) atoms. The number of anilines is 1. The predicted molar refractivity (Wildman–Crippen MR) is 169 cm³/mol. The van der Waals surface area contributed by atoms with Crippen molar-refractivity contribution in [2.24, 2.45) is 38.7 Å². The Morgan fingerprint density at radius 1 is 1.00 bits per heavy atom. The first-order valence-electron chi connectivity index (χ1n) is 15.1. The second-order valence-electron chi connectivity index (χ2n) is 11.7. The molecule has 1 atom stereocenters. The van der Waals surface area contributed by atoms with Crippen LogP contribution in [0.2, 0.25) is 0 Å². The number of rotatable bonds is 10. The number of carbonyl (C=O) groups is 2. The van der Waals surface area contributed by atoms with Crippen molar-refractivity contribution in [3.63, 3.8) is 0 Å². The number of aromatic amines is 1. The van der Waals surface area contributed by atoms with Crippen LogP contribution in [0.4, 0.5) is 5.69 Å². The topological polar surface area (TPSA) is 138 Å². The monoisotopic (exact) mass is 575 g/mol. The van der Waals surface area contributed by atoms with E-state index in [-0.39, 0.29) is 24.0 Å². The first kappa shape index (κ1) is 28.6. The number of Topliss-reactive ketones (excluding diaryl/α,β-unsaturated/α-hetero) is 1. The van der Waals surface area contributed by atoms with Crippen molar-refractivity contribution >= 4 is 34.2 Å². The van der Waals surface area contributed by atoms with Gasteiger partial charge in [-0.2, -0.15) is 5.11 Å². The number of nitrogens with two attached hydrogens (primary N) is 1. The summed E-state index contributed by atoms with van der Waals surface area (Å²) in [5.74, 6) is 0.627. The molecule has 220 valence electrons. The van der Waals surface area contributed by atoms with Crippen LogP contribution in [0.1, 0.15) is 48.8 Å². The lowest BCUT2D eigenvalue weighted by Crippen LogP contribution is -2.31. The minimum atomic E-state index is -0.486. The standard InChI is InChI=1S/C34H37N7O2/c1-21-14-30-31(37-19-36-30)17-29(21)24-6-2-22(3-7-24)15-27(16-32(42)25-8-4-23(18-35)5-9-25)34(43)40-28-12-10-26(11-13-28)33-38-20-39-41-33/h2-3,6-7,10-14,17,19,23,25,27H,4-5,8-9,15-16,18,20,35H2,1H3,(H,36,37)(H,40,43)/t23?,25?,27-/m1/s1. The van der Waals surface area contributed by atoms with Crippen LogP contribution in [0.15, 0.2) is 82.2 Å². The smallest absolute Gasteiger partial charge is 0.228 e. The molecule has 4 N–H and O–H groups in total. The molecule has 9 heteroatoms. The molecule has 3 aromatic carbocycles. The molecule has 1 fully saturated rings. The number of H-pyrrole nitrogens is 1. The number of benzene rings is 3. The van der Waals surface area contributed by atoms with E-state index >= 15 is 0 Å². The number of ketones is 1. The maximum absolute atomic E-state index is 13.7. The van der Waals surface area contributed by atoms with Crippen LogP contribution in [0.3, 0.4) is 0 Å². The number of hydrogen-bond donors (Lipinski definition) is 3. The molecule has 1 aliphatic carbocycles. The number of aliphatic imine (C=N–C) groups is 1. The van der Waals surface area contributed by atoms with Crippen LogP contribution in [0.25, 0.3) is 22.2 Å². The van der Waals surface area contributed by atoms with Crippen LogP contribution < -0.4 is 11.1 Å². The Hall–Kier alpha value is -4.50. The van der Waals surface area contributed by atoms with Gasteiger partial charge in [0.1, 0.15) is 5.78 Å². The summed E-state index contributed by atoms with van der Waals surface area (Å²) in [6.07, 6.45) is 6.06. The second-order valence-corrected chi connectivity index (χ2v) is 11.7. The SMILES string of the molecule is Cc1cc2[nH]cnc2cc1-c1ccc(C[C@H](CC(=O)C2CCC(CN)CC2)C(=O)Nc2ccc(C3=NCN=N3)cc2)cc1. The summed E-state index contributed by atoms with van der Waals surface area (Å²) in [5.41, 5.74) is 13.7. The summed E-state index contributed by atoms with van der Waals surface area (Å²) in [5, 5.41) is 11.0. The number of aromatic nitrogens is 2. The molecule has 1 saturated carbocycles. The summed E-state index contributed by atoms with van der Waals surface area (Å²) >= 11 is 0. The summed E-state index contributed by atoms with van der Waals surface area (Å²) in [7, 11) is 0. The highest BCUT2D eigenvalue weighted by atomic mass is 16.2. The van der Waals surface area contributed by atoms with Gasteiger partial charge >= 0.3 is 0 Å². The molecule has 0 bridgehead atoms. The summed E-state index contributed by atoms with van der Waals surface area (Å²) < 4.78 is 0. The molecule has 4 aromatic rings. The van der Waals surface area contributed by atoms with Crippen LogP contribution in [-0.4, -0.2) is 40.7 Å². The molecular formula is C34H37N7O2. The Kier molecular flexibility index (Phi) is 8.51. The lowest BCUT2D eigenvalue weighted by molar-refractivity contribution is -0.129. The lowest BCUT2D eigenvalue weighted by atomic mass is 9.77. The van der Waals surface area contributed by atoms with Crippen LogP contribution >= 0.6 is 0 Å². The summed E-state index contributed by atoms with van der Waals surface area (Å²) in [4.78, 5) is 38.9. The van der Waals surface area contributed by atoms with Crippen LogP contribution in [0, 0.1) is 24.7 Å². The van der Waals surface area contributed by atoms with Gasteiger partial charge in [0.05, 0.1) is 17.4 Å². The molecule has 9 nitrogen and oxygen atoms in total. The maximum atomic E-state index is 13.7. The van der Waals surface area contributed by atoms with Crippen molar-refractivity contribution in [3.05, 3.63) is 83.7 Å². The van der Waals surface area contributed by atoms with Crippen molar-refractivity contribution in [1.82, 2.24) is 9.97 Å². The van der Waals surface area contributed by atoms with Gasteiger partial charge in [-0.1, -0.05) is 24.3 Å².